The molecule has 0 atom stereocenters. The van der Waals surface area contributed by atoms with E-state index < -0.39 is 0 Å². The molecule has 0 aliphatic rings. The van der Waals surface area contributed by atoms with Gasteiger partial charge in [0.25, 0.3) is 0 Å². The fraction of sp³-hybridized carbons (Fsp3) is 0.167. The van der Waals surface area contributed by atoms with E-state index in [-0.39, 0.29) is 0 Å². The summed E-state index contributed by atoms with van der Waals surface area (Å²) in [5, 5.41) is 11.5. The Bertz CT molecular complexity index is 983. The molecule has 0 spiro atoms. The summed E-state index contributed by atoms with van der Waals surface area (Å²) in [6.45, 7) is 2.47. The number of nitrogens with one attached hydrogen (secondary N) is 1. The van der Waals surface area contributed by atoms with Crippen molar-refractivity contribution in [1.82, 2.24) is 14.9 Å². The Balaban J connectivity index is 1.98. The van der Waals surface area contributed by atoms with Gasteiger partial charge in [0.15, 0.2) is 17.3 Å². The van der Waals surface area contributed by atoms with E-state index in [4.69, 9.17) is 21.7 Å². The third kappa shape index (κ3) is 3.86. The van der Waals surface area contributed by atoms with Crippen LogP contribution in [0.15, 0.2) is 52.0 Å². The molecule has 8 heteroatoms. The number of nitrogens with zero attached hydrogens (tertiary/aromatic N) is 3. The molecule has 0 fully saturated rings. The van der Waals surface area contributed by atoms with Crippen LogP contribution in [-0.4, -0.2) is 34.8 Å². The van der Waals surface area contributed by atoms with Gasteiger partial charge in [-0.2, -0.15) is 14.9 Å². The number of hydrogen-bond acceptors (Lipinski definition) is 5. The Morgan fingerprint density at radius 2 is 2.08 bits per heavy atom. The lowest BCUT2D eigenvalue weighted by molar-refractivity contribution is 0.309. The van der Waals surface area contributed by atoms with Crippen LogP contribution in [0.3, 0.4) is 0 Å². The minimum atomic E-state index is 0.414. The number of halogens is 1. The molecule has 26 heavy (non-hydrogen) atoms. The quantitative estimate of drug-likeness (QED) is 0.454. The zero-order valence-electron chi connectivity index (χ0n) is 14.3. The summed E-state index contributed by atoms with van der Waals surface area (Å²) >= 11 is 8.81. The van der Waals surface area contributed by atoms with E-state index >= 15 is 0 Å². The smallest absolute Gasteiger partial charge is 0.216 e. The first-order valence-electron chi connectivity index (χ1n) is 7.91. The van der Waals surface area contributed by atoms with E-state index in [9.17, 15) is 0 Å². The van der Waals surface area contributed by atoms with Crippen molar-refractivity contribution >= 4 is 34.4 Å². The largest absolute Gasteiger partial charge is 0.493 e. The van der Waals surface area contributed by atoms with Gasteiger partial charge in [0.05, 0.1) is 24.4 Å². The molecular formula is C18H17BrN4O2S. The number of rotatable bonds is 6. The lowest BCUT2D eigenvalue weighted by Crippen LogP contribution is -1.99. The normalized spacial score (nSPS) is 11.0. The summed E-state index contributed by atoms with van der Waals surface area (Å²) in [6, 6.07) is 13.5. The highest BCUT2D eigenvalue weighted by Gasteiger charge is 2.11. The predicted octanol–water partition coefficient (Wildman–Crippen LogP) is 4.66. The van der Waals surface area contributed by atoms with Gasteiger partial charge in [-0.3, -0.25) is 0 Å². The number of methoxy groups -OCH3 is 1. The van der Waals surface area contributed by atoms with Crippen molar-refractivity contribution in [2.24, 2.45) is 5.10 Å². The summed E-state index contributed by atoms with van der Waals surface area (Å²) in [5.74, 6) is 1.93. The van der Waals surface area contributed by atoms with Crippen LogP contribution in [0.4, 0.5) is 0 Å². The maximum Gasteiger partial charge on any atom is 0.216 e. The van der Waals surface area contributed by atoms with Crippen LogP contribution in [0.5, 0.6) is 11.5 Å². The van der Waals surface area contributed by atoms with Crippen molar-refractivity contribution in [3.05, 3.63) is 57.3 Å². The average Bonchev–Trinajstić information content (AvgIpc) is 3.03. The average molecular weight is 433 g/mol. The first-order chi connectivity index (χ1) is 12.6. The Morgan fingerprint density at radius 3 is 2.77 bits per heavy atom. The lowest BCUT2D eigenvalue weighted by Gasteiger charge is -2.12. The SMILES string of the molecule is CCOc1c(Br)cc(/C=N\n2c(-c3ccccc3)n[nH]c2=S)cc1OC. The number of ether oxygens (including phenoxy) is 2. The van der Waals surface area contributed by atoms with E-state index in [1.807, 2.05) is 49.4 Å². The lowest BCUT2D eigenvalue weighted by atomic mass is 10.2. The van der Waals surface area contributed by atoms with Gasteiger partial charge < -0.3 is 9.47 Å². The summed E-state index contributed by atoms with van der Waals surface area (Å²) in [4.78, 5) is 0. The molecule has 2 aromatic carbocycles. The topological polar surface area (TPSA) is 64.4 Å². The van der Waals surface area contributed by atoms with Crippen LogP contribution in [0.1, 0.15) is 12.5 Å². The van der Waals surface area contributed by atoms with Gasteiger partial charge in [-0.1, -0.05) is 30.3 Å². The maximum absolute atomic E-state index is 5.61. The first-order valence-corrected chi connectivity index (χ1v) is 9.11. The van der Waals surface area contributed by atoms with Crippen LogP contribution in [-0.2, 0) is 0 Å². The molecule has 3 aromatic rings. The zero-order chi connectivity index (χ0) is 18.5. The van der Waals surface area contributed by atoms with Crippen molar-refractivity contribution in [2.75, 3.05) is 13.7 Å². The maximum atomic E-state index is 5.61. The molecule has 0 aliphatic heterocycles. The van der Waals surface area contributed by atoms with Crippen molar-refractivity contribution in [3.63, 3.8) is 0 Å². The number of aromatic nitrogens is 3. The molecule has 1 heterocycles. The van der Waals surface area contributed by atoms with Gasteiger partial charge in [-0.15, -0.1) is 0 Å². The monoisotopic (exact) mass is 432 g/mol. The highest BCUT2D eigenvalue weighted by molar-refractivity contribution is 9.10. The molecule has 0 aliphatic carbocycles. The Kier molecular flexibility index (Phi) is 5.85. The first kappa shape index (κ1) is 18.3. The van der Waals surface area contributed by atoms with E-state index in [0.29, 0.717) is 28.7 Å². The van der Waals surface area contributed by atoms with Crippen LogP contribution >= 0.6 is 28.1 Å². The van der Waals surface area contributed by atoms with Gasteiger partial charge in [-0.05, 0) is 52.8 Å². The van der Waals surface area contributed by atoms with Crippen LogP contribution in [0, 0.1) is 4.77 Å². The molecule has 3 rings (SSSR count). The highest BCUT2D eigenvalue weighted by Crippen LogP contribution is 2.36. The summed E-state index contributed by atoms with van der Waals surface area (Å²) in [5.41, 5.74) is 1.75. The third-order valence-corrected chi connectivity index (χ3v) is 4.40. The number of benzene rings is 2. The fourth-order valence-corrected chi connectivity index (χ4v) is 3.15. The number of H-pyrrole nitrogens is 1. The summed E-state index contributed by atoms with van der Waals surface area (Å²) in [7, 11) is 1.60. The Hall–Kier alpha value is -2.45. The van der Waals surface area contributed by atoms with E-state index in [1.165, 1.54) is 0 Å². The Labute approximate surface area is 164 Å². The second-order valence-corrected chi connectivity index (χ2v) is 6.48. The van der Waals surface area contributed by atoms with Gasteiger partial charge in [0.1, 0.15) is 0 Å². The van der Waals surface area contributed by atoms with E-state index in [2.05, 4.69) is 31.2 Å². The number of aromatic amines is 1. The molecule has 1 aromatic heterocycles. The second-order valence-electron chi connectivity index (χ2n) is 5.24. The molecule has 0 radical (unpaired) electrons. The third-order valence-electron chi connectivity index (χ3n) is 3.55. The predicted molar refractivity (Wildman–Crippen MR) is 108 cm³/mol. The molecule has 6 nitrogen and oxygen atoms in total. The molecule has 0 amide bonds. The van der Waals surface area contributed by atoms with E-state index in [0.717, 1.165) is 15.6 Å². The van der Waals surface area contributed by atoms with Crippen LogP contribution < -0.4 is 9.47 Å². The summed E-state index contributed by atoms with van der Waals surface area (Å²) in [6.07, 6.45) is 1.70. The fourth-order valence-electron chi connectivity index (χ4n) is 2.40. The summed E-state index contributed by atoms with van der Waals surface area (Å²) < 4.78 is 13.8. The minimum Gasteiger partial charge on any atom is -0.493 e. The molecule has 0 saturated heterocycles. The highest BCUT2D eigenvalue weighted by atomic mass is 79.9. The molecule has 134 valence electrons. The molecule has 0 bridgehead atoms. The van der Waals surface area contributed by atoms with Gasteiger partial charge in [0.2, 0.25) is 4.77 Å². The van der Waals surface area contributed by atoms with Crippen LogP contribution in [0.2, 0.25) is 0 Å². The molecule has 0 unspecified atom stereocenters. The second kappa shape index (κ2) is 8.29. The van der Waals surface area contributed by atoms with Crippen molar-refractivity contribution in [2.45, 2.75) is 6.92 Å². The van der Waals surface area contributed by atoms with Gasteiger partial charge in [-0.25, -0.2) is 5.10 Å². The van der Waals surface area contributed by atoms with Gasteiger partial charge in [0, 0.05) is 5.56 Å². The van der Waals surface area contributed by atoms with Crippen molar-refractivity contribution in [1.29, 1.82) is 0 Å². The van der Waals surface area contributed by atoms with Crippen molar-refractivity contribution < 1.29 is 9.47 Å². The standard InChI is InChI=1S/C18H17BrN4O2S/c1-3-25-16-14(19)9-12(10-15(16)24-2)11-20-23-17(21-22-18(23)26)13-7-5-4-6-8-13/h4-11H,3H2,1-2H3,(H,22,26)/b20-11-. The number of hydrogen-bond donors (Lipinski definition) is 1. The Morgan fingerprint density at radius 1 is 1.31 bits per heavy atom. The minimum absolute atomic E-state index is 0.414. The molecular weight excluding hydrogens is 416 g/mol. The van der Waals surface area contributed by atoms with Crippen LogP contribution in [0.25, 0.3) is 11.4 Å². The molecule has 1 N–H and O–H groups in total. The van der Waals surface area contributed by atoms with E-state index in [1.54, 1.807) is 18.0 Å². The zero-order valence-corrected chi connectivity index (χ0v) is 16.7. The van der Waals surface area contributed by atoms with Gasteiger partial charge >= 0.3 is 0 Å². The molecule has 0 saturated carbocycles. The van der Waals surface area contributed by atoms with Crippen molar-refractivity contribution in [3.8, 4) is 22.9 Å².